The first-order chi connectivity index (χ1) is 13.3. The van der Waals surface area contributed by atoms with Gasteiger partial charge in [0.25, 0.3) is 0 Å². The van der Waals surface area contributed by atoms with E-state index >= 15 is 0 Å². The molecule has 0 saturated carbocycles. The molecule has 3 heteroatoms. The third-order valence-corrected chi connectivity index (χ3v) is 4.99. The van der Waals surface area contributed by atoms with Crippen molar-refractivity contribution in [2.75, 3.05) is 0 Å². The summed E-state index contributed by atoms with van der Waals surface area (Å²) in [6, 6.07) is 20.5. The maximum atomic E-state index is 4.97. The molecule has 27 heavy (non-hydrogen) atoms. The summed E-state index contributed by atoms with van der Waals surface area (Å²) in [4.78, 5) is 9.42. The van der Waals surface area contributed by atoms with Gasteiger partial charge >= 0.3 is 0 Å². The van der Waals surface area contributed by atoms with E-state index in [1.54, 1.807) is 0 Å². The Labute approximate surface area is 156 Å². The van der Waals surface area contributed by atoms with E-state index in [0.717, 1.165) is 50.0 Å². The maximum absolute atomic E-state index is 4.97. The van der Waals surface area contributed by atoms with E-state index in [9.17, 15) is 0 Å². The highest BCUT2D eigenvalue weighted by atomic mass is 15.0. The van der Waals surface area contributed by atoms with E-state index in [1.165, 1.54) is 0 Å². The number of hydrogen-bond acceptors (Lipinski definition) is 2. The fraction of sp³-hybridized carbons (Fsp3) is 0. The second-order valence-electron chi connectivity index (χ2n) is 6.44. The monoisotopic (exact) mass is 347 g/mol. The largest absolute Gasteiger partial charge is 0.292 e. The lowest BCUT2D eigenvalue weighted by Gasteiger charge is -2.11. The molecular weight excluding hydrogens is 330 g/mol. The molecule has 5 rings (SSSR count). The average Bonchev–Trinajstić information content (AvgIpc) is 3.12. The van der Waals surface area contributed by atoms with Crippen LogP contribution in [0, 0.1) is 0 Å². The molecule has 0 aliphatic heterocycles. The maximum Gasteiger partial charge on any atom is 0.146 e. The van der Waals surface area contributed by atoms with Crippen LogP contribution in [0.15, 0.2) is 80.0 Å². The summed E-state index contributed by atoms with van der Waals surface area (Å²) < 4.78 is 2.17. The molecule has 0 saturated heterocycles. The molecule has 0 amide bonds. The minimum atomic E-state index is 0.930. The summed E-state index contributed by atoms with van der Waals surface area (Å²) in [6.07, 6.45) is 5.58. The summed E-state index contributed by atoms with van der Waals surface area (Å²) in [5, 5.41) is 2.24. The fourth-order valence-electron chi connectivity index (χ4n) is 3.78. The minimum absolute atomic E-state index is 0.930. The van der Waals surface area contributed by atoms with Crippen molar-refractivity contribution in [3.63, 3.8) is 0 Å². The van der Waals surface area contributed by atoms with E-state index in [4.69, 9.17) is 4.98 Å². The Morgan fingerprint density at radius 2 is 1.67 bits per heavy atom. The first-order valence-corrected chi connectivity index (χ1v) is 8.85. The van der Waals surface area contributed by atoms with Crippen LogP contribution in [0.1, 0.15) is 11.3 Å². The fourth-order valence-corrected chi connectivity index (χ4v) is 3.78. The number of benzene rings is 2. The molecule has 0 atom stereocenters. The zero-order valence-corrected chi connectivity index (χ0v) is 14.8. The SMILES string of the molecule is C=Cc1c(C=C)n2c3ccc(-c4ccccn4)cc3nc2c2ccccc12. The number of rotatable bonds is 3. The molecule has 5 aromatic rings. The highest BCUT2D eigenvalue weighted by Gasteiger charge is 2.15. The van der Waals surface area contributed by atoms with Gasteiger partial charge in [-0.05, 0) is 35.7 Å². The lowest BCUT2D eigenvalue weighted by Crippen LogP contribution is -1.97. The third kappa shape index (κ3) is 2.22. The van der Waals surface area contributed by atoms with Crippen molar-refractivity contribution >= 4 is 39.6 Å². The van der Waals surface area contributed by atoms with Crippen molar-refractivity contribution < 1.29 is 0 Å². The summed E-state index contributed by atoms with van der Waals surface area (Å²) in [6.45, 7) is 8.07. The smallest absolute Gasteiger partial charge is 0.146 e. The molecule has 0 spiro atoms. The lowest BCUT2D eigenvalue weighted by atomic mass is 10.0. The van der Waals surface area contributed by atoms with Crippen molar-refractivity contribution in [1.82, 2.24) is 14.4 Å². The van der Waals surface area contributed by atoms with Crippen molar-refractivity contribution in [3.8, 4) is 11.3 Å². The number of hydrogen-bond donors (Lipinski definition) is 0. The standard InChI is InChI=1S/C24H17N3/c1-3-17-18-9-5-6-10-19(18)24-26-21-15-16(20-11-7-8-14-25-20)12-13-23(21)27(24)22(17)4-2/h3-15H,1-2H2. The number of aromatic nitrogens is 3. The molecule has 0 N–H and O–H groups in total. The Hall–Kier alpha value is -3.72. The van der Waals surface area contributed by atoms with Crippen LogP contribution in [-0.2, 0) is 0 Å². The number of nitrogens with zero attached hydrogens (tertiary/aromatic N) is 3. The zero-order valence-electron chi connectivity index (χ0n) is 14.8. The molecule has 0 aliphatic rings. The molecule has 3 aromatic heterocycles. The molecule has 0 aliphatic carbocycles. The van der Waals surface area contributed by atoms with E-state index in [2.05, 4.69) is 52.9 Å². The van der Waals surface area contributed by atoms with E-state index in [1.807, 2.05) is 48.7 Å². The first kappa shape index (κ1) is 15.5. The van der Waals surface area contributed by atoms with Crippen molar-refractivity contribution in [2.45, 2.75) is 0 Å². The van der Waals surface area contributed by atoms with Gasteiger partial charge in [0.05, 0.1) is 22.4 Å². The first-order valence-electron chi connectivity index (χ1n) is 8.85. The Balaban J connectivity index is 1.94. The van der Waals surface area contributed by atoms with Crippen LogP contribution in [0.5, 0.6) is 0 Å². The molecule has 3 nitrogen and oxygen atoms in total. The quantitative estimate of drug-likeness (QED) is 0.401. The Morgan fingerprint density at radius 1 is 0.852 bits per heavy atom. The van der Waals surface area contributed by atoms with Gasteiger partial charge in [-0.15, -0.1) is 0 Å². The molecule has 0 bridgehead atoms. The number of imidazole rings is 1. The predicted octanol–water partition coefficient (Wildman–Crippen LogP) is 5.99. The summed E-state index contributed by atoms with van der Waals surface area (Å²) >= 11 is 0. The van der Waals surface area contributed by atoms with E-state index < -0.39 is 0 Å². The van der Waals surface area contributed by atoms with Gasteiger partial charge in [-0.25, -0.2) is 4.98 Å². The van der Waals surface area contributed by atoms with E-state index in [-0.39, 0.29) is 0 Å². The summed E-state index contributed by atoms with van der Waals surface area (Å²) in [5.74, 6) is 0. The van der Waals surface area contributed by atoms with Gasteiger partial charge in [-0.2, -0.15) is 0 Å². The number of pyridine rings is 2. The van der Waals surface area contributed by atoms with Crippen LogP contribution >= 0.6 is 0 Å². The van der Waals surface area contributed by atoms with Crippen LogP contribution in [-0.4, -0.2) is 14.4 Å². The van der Waals surface area contributed by atoms with Gasteiger partial charge in [-0.1, -0.05) is 55.6 Å². The van der Waals surface area contributed by atoms with Crippen LogP contribution < -0.4 is 0 Å². The summed E-state index contributed by atoms with van der Waals surface area (Å²) in [7, 11) is 0. The highest BCUT2D eigenvalue weighted by molar-refractivity contribution is 6.04. The topological polar surface area (TPSA) is 30.2 Å². The van der Waals surface area contributed by atoms with Crippen molar-refractivity contribution in [3.05, 3.63) is 91.3 Å². The number of fused-ring (bicyclic) bond motifs is 5. The van der Waals surface area contributed by atoms with Crippen LogP contribution in [0.25, 0.3) is 50.9 Å². The van der Waals surface area contributed by atoms with Crippen molar-refractivity contribution in [1.29, 1.82) is 0 Å². The highest BCUT2D eigenvalue weighted by Crippen LogP contribution is 2.32. The van der Waals surface area contributed by atoms with Crippen LogP contribution in [0.4, 0.5) is 0 Å². The van der Waals surface area contributed by atoms with Crippen LogP contribution in [0.2, 0.25) is 0 Å². The molecule has 0 radical (unpaired) electrons. The second-order valence-corrected chi connectivity index (χ2v) is 6.44. The molecule has 128 valence electrons. The van der Waals surface area contributed by atoms with Crippen molar-refractivity contribution in [2.24, 2.45) is 0 Å². The molecular formula is C24H17N3. The van der Waals surface area contributed by atoms with Gasteiger partial charge in [0, 0.05) is 22.7 Å². The Kier molecular flexibility index (Phi) is 3.41. The van der Waals surface area contributed by atoms with Gasteiger partial charge in [0.1, 0.15) is 5.65 Å². The van der Waals surface area contributed by atoms with Gasteiger partial charge in [0.15, 0.2) is 0 Å². The predicted molar refractivity (Wildman–Crippen MR) is 114 cm³/mol. The average molecular weight is 347 g/mol. The lowest BCUT2D eigenvalue weighted by molar-refractivity contribution is 1.21. The normalized spacial score (nSPS) is 11.3. The molecule has 0 fully saturated rings. The van der Waals surface area contributed by atoms with Gasteiger partial charge in [-0.3, -0.25) is 9.38 Å². The molecule has 0 unspecified atom stereocenters. The van der Waals surface area contributed by atoms with Gasteiger partial charge < -0.3 is 0 Å². The Bertz CT molecular complexity index is 1340. The Morgan fingerprint density at radius 3 is 2.41 bits per heavy atom. The molecule has 3 heterocycles. The molecule has 2 aromatic carbocycles. The van der Waals surface area contributed by atoms with Crippen LogP contribution in [0.3, 0.4) is 0 Å². The van der Waals surface area contributed by atoms with Gasteiger partial charge in [0.2, 0.25) is 0 Å². The van der Waals surface area contributed by atoms with E-state index in [0.29, 0.717) is 0 Å². The zero-order chi connectivity index (χ0) is 18.4. The third-order valence-electron chi connectivity index (χ3n) is 4.99. The summed E-state index contributed by atoms with van der Waals surface area (Å²) in [5.41, 5.74) is 6.99. The second kappa shape index (κ2) is 5.92. The minimum Gasteiger partial charge on any atom is -0.292 e.